The first-order chi connectivity index (χ1) is 7.10. The number of carbonyl (C=O) groups is 2. The number of hydrogen-bond donors (Lipinski definition) is 1. The van der Waals surface area contributed by atoms with E-state index in [2.05, 4.69) is 10.1 Å². The van der Waals surface area contributed by atoms with Gasteiger partial charge in [-0.25, -0.2) is 4.79 Å². The lowest BCUT2D eigenvalue weighted by molar-refractivity contribution is -0.380. The van der Waals surface area contributed by atoms with Gasteiger partial charge in [0.05, 0.1) is 12.0 Å². The average molecular weight is 230 g/mol. The molecule has 0 saturated heterocycles. The maximum Gasteiger partial charge on any atom is 0.341 e. The normalized spacial score (nSPS) is 9.40. The van der Waals surface area contributed by atoms with Crippen LogP contribution >= 0.6 is 11.3 Å². The Morgan fingerprint density at radius 2 is 2.40 bits per heavy atom. The second-order valence-electron chi connectivity index (χ2n) is 2.34. The van der Waals surface area contributed by atoms with Crippen LogP contribution < -0.4 is 5.32 Å². The molecule has 0 saturated carbocycles. The van der Waals surface area contributed by atoms with Gasteiger partial charge in [0.2, 0.25) is 6.41 Å². The fraction of sp³-hybridized carbons (Fsp3) is 0.143. The molecule has 0 aromatic carbocycles. The number of thiophene rings is 1. The van der Waals surface area contributed by atoms with Crippen LogP contribution in [0.3, 0.4) is 0 Å². The predicted octanol–water partition coefficient (Wildman–Crippen LogP) is 1.01. The molecule has 0 spiro atoms. The summed E-state index contributed by atoms with van der Waals surface area (Å²) in [5, 5.41) is 12.5. The summed E-state index contributed by atoms with van der Waals surface area (Å²) in [7, 11) is 1.15. The number of anilines is 1. The van der Waals surface area contributed by atoms with Crippen molar-refractivity contribution in [2.24, 2.45) is 0 Å². The summed E-state index contributed by atoms with van der Waals surface area (Å²) in [5.74, 6) is -0.733. The third-order valence-electron chi connectivity index (χ3n) is 1.49. The Morgan fingerprint density at radius 3 is 2.87 bits per heavy atom. The van der Waals surface area contributed by atoms with E-state index in [1.54, 1.807) is 0 Å². The molecule has 1 aromatic heterocycles. The number of esters is 1. The van der Waals surface area contributed by atoms with Crippen molar-refractivity contribution in [3.05, 3.63) is 21.7 Å². The summed E-state index contributed by atoms with van der Waals surface area (Å²) in [6.45, 7) is 0. The van der Waals surface area contributed by atoms with Crippen LogP contribution in [0.1, 0.15) is 10.4 Å². The van der Waals surface area contributed by atoms with Crippen LogP contribution in [0.25, 0.3) is 0 Å². The zero-order chi connectivity index (χ0) is 11.4. The number of nitrogens with zero attached hydrogens (tertiary/aromatic N) is 1. The number of ether oxygens (including phenoxy) is 1. The van der Waals surface area contributed by atoms with Gasteiger partial charge in [0.25, 0.3) is 0 Å². The minimum atomic E-state index is -0.733. The Kier molecular flexibility index (Phi) is 3.34. The quantitative estimate of drug-likeness (QED) is 0.360. The molecule has 1 heterocycles. The summed E-state index contributed by atoms with van der Waals surface area (Å²) >= 11 is 0.694. The molecule has 8 heteroatoms. The van der Waals surface area contributed by atoms with Crippen molar-refractivity contribution in [2.75, 3.05) is 12.4 Å². The number of amides is 1. The standard InChI is InChI=1S/C7H6N2O5S/c1-14-7(11)4-2-5(9(12)13)15-6(4)8-3-10/h2-3H,1H3,(H,8,10). The summed E-state index contributed by atoms with van der Waals surface area (Å²) in [6, 6.07) is 1.06. The summed E-state index contributed by atoms with van der Waals surface area (Å²) < 4.78 is 4.41. The van der Waals surface area contributed by atoms with E-state index in [9.17, 15) is 19.7 Å². The van der Waals surface area contributed by atoms with E-state index in [0.717, 1.165) is 13.2 Å². The molecular formula is C7H6N2O5S. The second-order valence-corrected chi connectivity index (χ2v) is 3.37. The number of methoxy groups -OCH3 is 1. The topological polar surface area (TPSA) is 98.5 Å². The van der Waals surface area contributed by atoms with Crippen LogP contribution in [0.5, 0.6) is 0 Å². The Hall–Kier alpha value is -1.96. The first-order valence-electron chi connectivity index (χ1n) is 3.67. The van der Waals surface area contributed by atoms with Crippen LogP contribution in [0.2, 0.25) is 0 Å². The molecule has 1 amide bonds. The molecule has 0 bridgehead atoms. The lowest BCUT2D eigenvalue weighted by atomic mass is 10.3. The van der Waals surface area contributed by atoms with Gasteiger partial charge in [0.15, 0.2) is 0 Å². The molecule has 7 nitrogen and oxygen atoms in total. The molecule has 0 fully saturated rings. The lowest BCUT2D eigenvalue weighted by Gasteiger charge is -1.97. The van der Waals surface area contributed by atoms with Gasteiger partial charge < -0.3 is 10.1 Å². The second kappa shape index (κ2) is 4.51. The number of hydrogen-bond acceptors (Lipinski definition) is 6. The maximum atomic E-state index is 11.2. The number of rotatable bonds is 4. The van der Waals surface area contributed by atoms with Gasteiger partial charge in [-0.3, -0.25) is 14.9 Å². The first kappa shape index (κ1) is 11.1. The maximum absolute atomic E-state index is 11.2. The van der Waals surface area contributed by atoms with Gasteiger partial charge in [-0.2, -0.15) is 0 Å². The average Bonchev–Trinajstić information content (AvgIpc) is 2.61. The highest BCUT2D eigenvalue weighted by atomic mass is 32.1. The van der Waals surface area contributed by atoms with E-state index in [1.165, 1.54) is 0 Å². The van der Waals surface area contributed by atoms with Crippen molar-refractivity contribution in [1.29, 1.82) is 0 Å². The van der Waals surface area contributed by atoms with Gasteiger partial charge in [-0.15, -0.1) is 0 Å². The highest BCUT2D eigenvalue weighted by Gasteiger charge is 2.21. The van der Waals surface area contributed by atoms with E-state index in [0.29, 0.717) is 17.7 Å². The molecule has 0 unspecified atom stereocenters. The largest absolute Gasteiger partial charge is 0.465 e. The van der Waals surface area contributed by atoms with E-state index in [4.69, 9.17) is 0 Å². The third-order valence-corrected chi connectivity index (χ3v) is 2.51. The first-order valence-corrected chi connectivity index (χ1v) is 4.48. The fourth-order valence-corrected chi connectivity index (χ4v) is 1.71. The van der Waals surface area contributed by atoms with Crippen molar-refractivity contribution in [3.63, 3.8) is 0 Å². The molecule has 15 heavy (non-hydrogen) atoms. The molecule has 0 aliphatic rings. The van der Waals surface area contributed by atoms with E-state index in [1.807, 2.05) is 0 Å². The van der Waals surface area contributed by atoms with Crippen molar-refractivity contribution in [1.82, 2.24) is 0 Å². The van der Waals surface area contributed by atoms with Gasteiger partial charge in [-0.05, 0) is 11.3 Å². The van der Waals surface area contributed by atoms with Crippen LogP contribution in [0.4, 0.5) is 10.0 Å². The van der Waals surface area contributed by atoms with Crippen molar-refractivity contribution in [2.45, 2.75) is 0 Å². The monoisotopic (exact) mass is 230 g/mol. The Bertz CT molecular complexity index is 414. The number of nitro groups is 1. The molecule has 0 aliphatic carbocycles. The zero-order valence-electron chi connectivity index (χ0n) is 7.55. The van der Waals surface area contributed by atoms with Gasteiger partial charge in [-0.1, -0.05) is 0 Å². The number of carbonyl (C=O) groups excluding carboxylic acids is 2. The predicted molar refractivity (Wildman–Crippen MR) is 52.0 cm³/mol. The molecule has 0 aliphatic heterocycles. The van der Waals surface area contributed by atoms with Crippen LogP contribution in [0, 0.1) is 10.1 Å². The summed E-state index contributed by atoms with van der Waals surface area (Å²) in [6.07, 6.45) is 0.335. The van der Waals surface area contributed by atoms with Crippen LogP contribution in [0.15, 0.2) is 6.07 Å². The van der Waals surface area contributed by atoms with Gasteiger partial charge in [0.1, 0.15) is 10.6 Å². The molecule has 1 aromatic rings. The lowest BCUT2D eigenvalue weighted by Crippen LogP contribution is -2.03. The van der Waals surface area contributed by atoms with Crippen molar-refractivity contribution < 1.29 is 19.2 Å². The minimum Gasteiger partial charge on any atom is -0.465 e. The minimum absolute atomic E-state index is 0.0266. The van der Waals surface area contributed by atoms with Gasteiger partial charge in [0, 0.05) is 6.07 Å². The van der Waals surface area contributed by atoms with Crippen molar-refractivity contribution in [3.8, 4) is 0 Å². The Morgan fingerprint density at radius 1 is 1.73 bits per heavy atom. The Balaban J connectivity index is 3.16. The van der Waals surface area contributed by atoms with E-state index < -0.39 is 10.9 Å². The number of nitrogens with one attached hydrogen (secondary N) is 1. The van der Waals surface area contributed by atoms with Crippen LogP contribution in [-0.4, -0.2) is 24.4 Å². The van der Waals surface area contributed by atoms with Crippen LogP contribution in [-0.2, 0) is 9.53 Å². The highest BCUT2D eigenvalue weighted by Crippen LogP contribution is 2.33. The van der Waals surface area contributed by atoms with E-state index >= 15 is 0 Å². The van der Waals surface area contributed by atoms with Gasteiger partial charge >= 0.3 is 11.0 Å². The molecule has 1 rings (SSSR count). The summed E-state index contributed by atoms with van der Waals surface area (Å²) in [5.41, 5.74) is -0.0266. The summed E-state index contributed by atoms with van der Waals surface area (Å²) in [4.78, 5) is 31.1. The fourth-order valence-electron chi connectivity index (χ4n) is 0.890. The molecule has 80 valence electrons. The van der Waals surface area contributed by atoms with E-state index in [-0.39, 0.29) is 15.6 Å². The smallest absolute Gasteiger partial charge is 0.341 e. The Labute approximate surface area is 87.8 Å². The third kappa shape index (κ3) is 2.29. The molecule has 0 radical (unpaired) electrons. The molecular weight excluding hydrogens is 224 g/mol. The molecule has 1 N–H and O–H groups in total. The zero-order valence-corrected chi connectivity index (χ0v) is 8.37. The highest BCUT2D eigenvalue weighted by molar-refractivity contribution is 7.19. The van der Waals surface area contributed by atoms with Crippen molar-refractivity contribution >= 4 is 33.7 Å². The molecule has 0 atom stereocenters. The SMILES string of the molecule is COC(=O)c1cc([N+](=O)[O-])sc1NC=O.